The topological polar surface area (TPSA) is 219 Å². The molecule has 0 fully saturated rings. The third-order valence-corrected chi connectivity index (χ3v) is 21.4. The molecular weight excluding hydrogens is 1550 g/mol. The van der Waals surface area contributed by atoms with Gasteiger partial charge in [-0.15, -0.1) is 0 Å². The molecule has 17 heteroatoms. The van der Waals surface area contributed by atoms with Crippen LogP contribution < -0.4 is 0 Å². The maximum atomic E-state index is 5.19. The third-order valence-electron chi connectivity index (χ3n) is 21.4. The van der Waals surface area contributed by atoms with Crippen LogP contribution in [0.3, 0.4) is 0 Å². The fraction of sp³-hybridized carbons (Fsp3) is 0. The van der Waals surface area contributed by atoms with Crippen molar-refractivity contribution in [3.8, 4) is 202 Å². The van der Waals surface area contributed by atoms with Crippen molar-refractivity contribution in [2.24, 2.45) is 0 Å². The average Bonchev–Trinajstić information content (AvgIpc) is 0.786. The number of benzene rings is 12. The summed E-state index contributed by atoms with van der Waals surface area (Å²) in [7, 11) is 0. The molecular formula is C109H73N17. The minimum Gasteiger partial charge on any atom is -0.256 e. The highest BCUT2D eigenvalue weighted by Crippen LogP contribution is 2.41. The number of pyridine rings is 1. The van der Waals surface area contributed by atoms with E-state index in [0.717, 1.165) is 179 Å². The van der Waals surface area contributed by atoms with Gasteiger partial charge in [0.2, 0.25) is 0 Å². The molecule has 0 aliphatic heterocycles. The van der Waals surface area contributed by atoms with Crippen LogP contribution in [0.4, 0.5) is 0 Å². The van der Waals surface area contributed by atoms with Gasteiger partial charge < -0.3 is 0 Å². The SMILES string of the molecule is c1ccc(-c2cccc(-c3cnc(-c4cccc(-c5cncnc5)c4)nc3-c3cccc(-c4cncnc4)c3)c2)cc1.c1ccc(-c2cccc(-c3cnc(-c4ccnc(-c5cncnc5)c4)nc3-c3cccc(-c4ccccc4)c3)c2)cc1.c1ccc(-c2cccc(-c3nc(-c4cccc(-c5cncnc5)c4)ncc3-c3cccc(-c4cncnc4)c3)c2)cc1. The Bertz CT molecular complexity index is 6620. The maximum Gasteiger partial charge on any atom is 0.159 e. The Labute approximate surface area is 727 Å². The largest absolute Gasteiger partial charge is 0.256 e. The lowest BCUT2D eigenvalue weighted by atomic mass is 9.95. The minimum atomic E-state index is 0.624. The lowest BCUT2D eigenvalue weighted by molar-refractivity contribution is 1.15. The number of rotatable bonds is 18. The van der Waals surface area contributed by atoms with Crippen LogP contribution in [0.5, 0.6) is 0 Å². The first-order valence-corrected chi connectivity index (χ1v) is 40.8. The summed E-state index contributed by atoms with van der Waals surface area (Å²) in [5.41, 5.74) is 32.8. The van der Waals surface area contributed by atoms with Crippen molar-refractivity contribution >= 4 is 0 Å². The molecule has 594 valence electrons. The zero-order valence-corrected chi connectivity index (χ0v) is 67.7. The molecule has 0 radical (unpaired) electrons. The van der Waals surface area contributed by atoms with Crippen LogP contribution >= 0.6 is 0 Å². The van der Waals surface area contributed by atoms with Crippen molar-refractivity contribution < 1.29 is 0 Å². The van der Waals surface area contributed by atoms with E-state index >= 15 is 0 Å². The highest BCUT2D eigenvalue weighted by atomic mass is 14.9. The number of hydrogen-bond donors (Lipinski definition) is 0. The smallest absolute Gasteiger partial charge is 0.159 e. The zero-order valence-electron chi connectivity index (χ0n) is 67.7. The average molecular weight is 1620 g/mol. The molecule has 0 N–H and O–H groups in total. The van der Waals surface area contributed by atoms with Gasteiger partial charge in [0.05, 0.1) is 22.8 Å². The van der Waals surface area contributed by atoms with Gasteiger partial charge in [0.25, 0.3) is 0 Å². The molecule has 0 amide bonds. The van der Waals surface area contributed by atoms with Crippen molar-refractivity contribution in [2.45, 2.75) is 0 Å². The third kappa shape index (κ3) is 18.1. The van der Waals surface area contributed by atoms with Crippen LogP contribution in [0.2, 0.25) is 0 Å². The van der Waals surface area contributed by atoms with E-state index in [1.165, 1.54) is 37.2 Å². The van der Waals surface area contributed by atoms with Crippen LogP contribution in [0, 0.1) is 0 Å². The van der Waals surface area contributed by atoms with E-state index in [4.69, 9.17) is 29.9 Å². The van der Waals surface area contributed by atoms with E-state index in [1.807, 2.05) is 128 Å². The molecule has 0 unspecified atom stereocenters. The molecule has 21 rings (SSSR count). The first-order chi connectivity index (χ1) is 62.4. The maximum absolute atomic E-state index is 5.19. The second-order valence-corrected chi connectivity index (χ2v) is 29.5. The molecule has 21 aromatic rings. The lowest BCUT2D eigenvalue weighted by Crippen LogP contribution is -1.97. The molecule has 0 bridgehead atoms. The quantitative estimate of drug-likeness (QED) is 0.0779. The second kappa shape index (κ2) is 37.4. The highest BCUT2D eigenvalue weighted by Gasteiger charge is 2.21. The molecule has 17 nitrogen and oxygen atoms in total. The van der Waals surface area contributed by atoms with E-state index in [1.54, 1.807) is 43.4 Å². The van der Waals surface area contributed by atoms with Crippen LogP contribution in [-0.4, -0.2) is 84.7 Å². The van der Waals surface area contributed by atoms with Crippen molar-refractivity contribution in [1.29, 1.82) is 0 Å². The van der Waals surface area contributed by atoms with E-state index in [2.05, 4.69) is 297 Å². The summed E-state index contributed by atoms with van der Waals surface area (Å²) in [6.45, 7) is 0. The van der Waals surface area contributed by atoms with E-state index in [0.29, 0.717) is 17.5 Å². The Morgan fingerprint density at radius 1 is 0.135 bits per heavy atom. The highest BCUT2D eigenvalue weighted by molar-refractivity contribution is 5.90. The molecule has 0 atom stereocenters. The van der Waals surface area contributed by atoms with Gasteiger partial charge in [-0.25, -0.2) is 79.7 Å². The summed E-state index contributed by atoms with van der Waals surface area (Å²) in [4.78, 5) is 76.5. The summed E-state index contributed by atoms with van der Waals surface area (Å²) in [6, 6.07) is 113. The number of aromatic nitrogens is 17. The molecule has 0 aliphatic rings. The fourth-order valence-electron chi connectivity index (χ4n) is 15.1. The Balaban J connectivity index is 0.000000123. The molecule has 9 heterocycles. The standard InChI is InChI=1S/C37H25N5.2C36H24N6/c1-3-9-26(10-4-1)28-13-7-15-30(19-28)34-24-41-37(32-17-18-40-35(21-32)33-22-38-25-39-23-33)42-36(34)31-16-8-14-29(20-31)27-11-5-2-6-12-27;1-2-7-25(8-3-1)26-9-5-13-30(16-26)35-34(29-12-4-10-27(15-29)32-18-37-23-38-19-32)22-41-36(42-35)31-14-6-11-28(17-31)33-20-39-24-40-21-33;1-2-7-25(8-3-1)26-9-4-12-29(15-26)34-22-41-36(31-14-6-11-28(17-31)33-20-39-24-40-21-33)42-35(34)30-13-5-10-27(16-30)32-18-37-23-38-19-32/h1-25H;2*1-24H. The molecule has 12 aromatic carbocycles. The first-order valence-electron chi connectivity index (χ1n) is 40.8. The first kappa shape index (κ1) is 78.3. The summed E-state index contributed by atoms with van der Waals surface area (Å²) < 4.78 is 0. The molecule has 0 aliphatic carbocycles. The van der Waals surface area contributed by atoms with E-state index < -0.39 is 0 Å². The number of hydrogen-bond acceptors (Lipinski definition) is 17. The van der Waals surface area contributed by atoms with Gasteiger partial charge in [-0.2, -0.15) is 0 Å². The number of nitrogens with zero attached hydrogens (tertiary/aromatic N) is 17. The summed E-state index contributed by atoms with van der Waals surface area (Å²) in [6.07, 6.45) is 33.2. The Morgan fingerprint density at radius 2 is 0.341 bits per heavy atom. The molecule has 0 saturated heterocycles. The van der Waals surface area contributed by atoms with Crippen molar-refractivity contribution in [3.05, 3.63) is 446 Å². The van der Waals surface area contributed by atoms with Gasteiger partial charge in [0.15, 0.2) is 17.5 Å². The Morgan fingerprint density at radius 3 is 0.619 bits per heavy atom. The van der Waals surface area contributed by atoms with Gasteiger partial charge in [-0.3, -0.25) is 4.98 Å². The normalized spacial score (nSPS) is 10.9. The van der Waals surface area contributed by atoms with Gasteiger partial charge in [-0.05, 0) is 144 Å². The van der Waals surface area contributed by atoms with Crippen LogP contribution in [0.1, 0.15) is 0 Å². The van der Waals surface area contributed by atoms with E-state index in [-0.39, 0.29) is 0 Å². The predicted octanol–water partition coefficient (Wildman–Crippen LogP) is 24.8. The minimum absolute atomic E-state index is 0.624. The molecule has 9 aromatic heterocycles. The van der Waals surface area contributed by atoms with Crippen LogP contribution in [0.25, 0.3) is 202 Å². The summed E-state index contributed by atoms with van der Waals surface area (Å²) in [5.74, 6) is 1.91. The monoisotopic (exact) mass is 1620 g/mol. The molecule has 126 heavy (non-hydrogen) atoms. The predicted molar refractivity (Wildman–Crippen MR) is 500 cm³/mol. The van der Waals surface area contributed by atoms with E-state index in [9.17, 15) is 0 Å². The van der Waals surface area contributed by atoms with Crippen molar-refractivity contribution in [3.63, 3.8) is 0 Å². The van der Waals surface area contributed by atoms with Gasteiger partial charge >= 0.3 is 0 Å². The summed E-state index contributed by atoms with van der Waals surface area (Å²) >= 11 is 0. The van der Waals surface area contributed by atoms with Gasteiger partial charge in [-0.1, -0.05) is 267 Å². The van der Waals surface area contributed by atoms with Gasteiger partial charge in [0, 0.05) is 165 Å². The van der Waals surface area contributed by atoms with Crippen LogP contribution in [-0.2, 0) is 0 Å². The van der Waals surface area contributed by atoms with Crippen molar-refractivity contribution in [1.82, 2.24) is 84.7 Å². The lowest BCUT2D eigenvalue weighted by Gasteiger charge is -2.14. The fourth-order valence-corrected chi connectivity index (χ4v) is 15.1. The Kier molecular flexibility index (Phi) is 23.2. The van der Waals surface area contributed by atoms with Crippen LogP contribution in [0.15, 0.2) is 446 Å². The second-order valence-electron chi connectivity index (χ2n) is 29.5. The summed E-state index contributed by atoms with van der Waals surface area (Å²) in [5, 5.41) is 0. The molecule has 0 spiro atoms. The molecule has 0 saturated carbocycles. The van der Waals surface area contributed by atoms with Gasteiger partial charge in [0.1, 0.15) is 31.6 Å². The zero-order chi connectivity index (χ0) is 84.4. The Hall–Kier alpha value is -17.6. The van der Waals surface area contributed by atoms with Crippen molar-refractivity contribution in [2.75, 3.05) is 0 Å².